The highest BCUT2D eigenvalue weighted by Crippen LogP contribution is 2.30. The number of rotatable bonds is 5. The number of hydrogen-bond acceptors (Lipinski definition) is 6. The van der Waals surface area contributed by atoms with Crippen LogP contribution in [0.25, 0.3) is 0 Å². The highest BCUT2D eigenvalue weighted by molar-refractivity contribution is 6.39. The maximum absolute atomic E-state index is 12.6. The number of carbonyl (C=O) groups excluding carboxylic acids is 1. The lowest BCUT2D eigenvalue weighted by atomic mass is 10.2. The number of halogens is 2. The molecule has 27 heavy (non-hydrogen) atoms. The minimum absolute atomic E-state index is 0.0120. The molecule has 1 N–H and O–H groups in total. The topological polar surface area (TPSA) is 111 Å². The number of pyridine rings is 2. The van der Waals surface area contributed by atoms with Crippen molar-refractivity contribution in [3.05, 3.63) is 50.8 Å². The first-order valence-corrected chi connectivity index (χ1v) is 8.59. The fraction of sp³-hybridized carbons (Fsp3) is 0.312. The summed E-state index contributed by atoms with van der Waals surface area (Å²) in [4.78, 5) is 12.6. The van der Waals surface area contributed by atoms with E-state index in [0.717, 1.165) is 18.6 Å². The van der Waals surface area contributed by atoms with Gasteiger partial charge in [0.1, 0.15) is 16.1 Å². The number of amides is 1. The first kappa shape index (κ1) is 19.3. The summed E-state index contributed by atoms with van der Waals surface area (Å²) in [5.41, 5.74) is -0.256. The molecule has 0 bridgehead atoms. The molecule has 0 aromatic carbocycles. The Hall–Kier alpha value is -2.49. The summed E-state index contributed by atoms with van der Waals surface area (Å²) in [5.74, 6) is -0.378. The van der Waals surface area contributed by atoms with Gasteiger partial charge in [-0.1, -0.05) is 23.2 Å². The second-order valence-electron chi connectivity index (χ2n) is 5.66. The van der Waals surface area contributed by atoms with Gasteiger partial charge in [-0.3, -0.25) is 4.79 Å². The van der Waals surface area contributed by atoms with Gasteiger partial charge in [-0.05, 0) is 0 Å². The van der Waals surface area contributed by atoms with Gasteiger partial charge in [0.15, 0.2) is 5.75 Å². The molecule has 1 aliphatic rings. The first-order chi connectivity index (χ1) is 12.9. The average Bonchev–Trinajstić information content (AvgIpc) is 3.12. The number of methoxy groups -OCH3 is 1. The fourth-order valence-electron chi connectivity index (χ4n) is 2.50. The van der Waals surface area contributed by atoms with Crippen LogP contribution in [0.5, 0.6) is 11.5 Å². The molecule has 9 nitrogen and oxygen atoms in total. The Morgan fingerprint density at radius 3 is 2.56 bits per heavy atom. The Labute approximate surface area is 164 Å². The van der Waals surface area contributed by atoms with Crippen LogP contribution >= 0.6 is 23.2 Å². The molecule has 1 aliphatic heterocycles. The third-order valence-electron chi connectivity index (χ3n) is 3.81. The molecule has 1 amide bonds. The highest BCUT2D eigenvalue weighted by atomic mass is 35.5. The van der Waals surface area contributed by atoms with E-state index < -0.39 is 5.91 Å². The van der Waals surface area contributed by atoms with Crippen molar-refractivity contribution in [1.29, 1.82) is 0 Å². The van der Waals surface area contributed by atoms with Crippen LogP contribution in [0.2, 0.25) is 10.0 Å². The summed E-state index contributed by atoms with van der Waals surface area (Å²) in [6.07, 6.45) is 3.61. The maximum Gasteiger partial charge on any atom is 0.322 e. The third kappa shape index (κ3) is 4.26. The van der Waals surface area contributed by atoms with Crippen molar-refractivity contribution in [2.45, 2.75) is 12.5 Å². The standard InChI is InChI=1S/C16H15Cl2N3O6/c1-25-14-7-21(24)12(4-13(14)27-9-2-3-26-8-9)16(22)19-15-10(17)5-20(23)6-11(15)18/h4-7,9H,2-3,8H2,1H3,(H,19,22). The number of ether oxygens (including phenoxy) is 3. The van der Waals surface area contributed by atoms with Crippen molar-refractivity contribution in [3.63, 3.8) is 0 Å². The number of hydrogen-bond donors (Lipinski definition) is 1. The molecule has 2 aromatic heterocycles. The highest BCUT2D eigenvalue weighted by Gasteiger charge is 2.26. The summed E-state index contributed by atoms with van der Waals surface area (Å²) in [6.45, 7) is 0.973. The van der Waals surface area contributed by atoms with Crippen molar-refractivity contribution < 1.29 is 28.5 Å². The van der Waals surface area contributed by atoms with Crippen molar-refractivity contribution in [2.75, 3.05) is 25.6 Å². The van der Waals surface area contributed by atoms with Gasteiger partial charge < -0.3 is 29.9 Å². The molecule has 0 spiro atoms. The number of aromatic nitrogens is 2. The van der Waals surface area contributed by atoms with Gasteiger partial charge in [-0.25, -0.2) is 0 Å². The molecular weight excluding hydrogens is 401 g/mol. The Kier molecular flexibility index (Phi) is 5.73. The van der Waals surface area contributed by atoms with Gasteiger partial charge in [-0.2, -0.15) is 9.46 Å². The number of nitrogens with one attached hydrogen (secondary N) is 1. The second kappa shape index (κ2) is 8.03. The van der Waals surface area contributed by atoms with Gasteiger partial charge in [0.05, 0.1) is 32.1 Å². The zero-order valence-electron chi connectivity index (χ0n) is 14.1. The van der Waals surface area contributed by atoms with Gasteiger partial charge in [0, 0.05) is 6.42 Å². The van der Waals surface area contributed by atoms with Crippen LogP contribution in [-0.4, -0.2) is 32.3 Å². The summed E-state index contributed by atoms with van der Waals surface area (Å²) in [6, 6.07) is 1.26. The van der Waals surface area contributed by atoms with E-state index in [4.69, 9.17) is 37.4 Å². The molecule has 0 saturated carbocycles. The Morgan fingerprint density at radius 1 is 1.26 bits per heavy atom. The zero-order valence-corrected chi connectivity index (χ0v) is 15.6. The molecule has 1 fully saturated rings. The van der Waals surface area contributed by atoms with E-state index >= 15 is 0 Å². The molecule has 11 heteroatoms. The monoisotopic (exact) mass is 415 g/mol. The van der Waals surface area contributed by atoms with Crippen molar-refractivity contribution in [2.24, 2.45) is 0 Å². The molecular formula is C16H15Cl2N3O6. The normalized spacial score (nSPS) is 16.2. The fourth-order valence-corrected chi connectivity index (χ4v) is 3.03. The van der Waals surface area contributed by atoms with E-state index in [-0.39, 0.29) is 39.0 Å². The molecule has 2 aromatic rings. The van der Waals surface area contributed by atoms with E-state index in [9.17, 15) is 15.2 Å². The second-order valence-corrected chi connectivity index (χ2v) is 6.48. The van der Waals surface area contributed by atoms with Crippen LogP contribution in [0.1, 0.15) is 16.9 Å². The Morgan fingerprint density at radius 2 is 1.96 bits per heavy atom. The number of carbonyl (C=O) groups is 1. The number of anilines is 1. The molecule has 3 rings (SSSR count). The van der Waals surface area contributed by atoms with E-state index in [1.165, 1.54) is 13.2 Å². The minimum Gasteiger partial charge on any atom is -0.619 e. The van der Waals surface area contributed by atoms with E-state index in [0.29, 0.717) is 29.1 Å². The van der Waals surface area contributed by atoms with E-state index in [1.807, 2.05) is 0 Å². The predicted octanol–water partition coefficient (Wildman–Crippen LogP) is 1.69. The SMILES string of the molecule is COc1c[n+]([O-])c(C(=O)Nc2c(Cl)c[n+]([O-])cc2Cl)cc1OC1CCOC1. The lowest BCUT2D eigenvalue weighted by Gasteiger charge is -2.15. The summed E-state index contributed by atoms with van der Waals surface area (Å²) >= 11 is 11.9. The van der Waals surface area contributed by atoms with Crippen molar-refractivity contribution in [1.82, 2.24) is 0 Å². The van der Waals surface area contributed by atoms with Crippen LogP contribution < -0.4 is 24.3 Å². The van der Waals surface area contributed by atoms with Crippen molar-refractivity contribution >= 4 is 34.8 Å². The molecule has 1 saturated heterocycles. The molecule has 0 aliphatic carbocycles. The lowest BCUT2D eigenvalue weighted by molar-refractivity contribution is -0.608. The smallest absolute Gasteiger partial charge is 0.322 e. The van der Waals surface area contributed by atoms with Crippen LogP contribution in [0.15, 0.2) is 24.7 Å². The van der Waals surface area contributed by atoms with Crippen molar-refractivity contribution in [3.8, 4) is 11.5 Å². The summed E-state index contributed by atoms with van der Waals surface area (Å²) < 4.78 is 16.9. The zero-order chi connectivity index (χ0) is 19.6. The predicted molar refractivity (Wildman–Crippen MR) is 95.2 cm³/mol. The summed E-state index contributed by atoms with van der Waals surface area (Å²) in [5, 5.41) is 25.8. The first-order valence-electron chi connectivity index (χ1n) is 7.83. The molecule has 0 radical (unpaired) electrons. The van der Waals surface area contributed by atoms with Gasteiger partial charge in [0.25, 0.3) is 5.69 Å². The largest absolute Gasteiger partial charge is 0.619 e. The Balaban J connectivity index is 1.89. The Bertz CT molecular complexity index is 850. The van der Waals surface area contributed by atoms with Gasteiger partial charge >= 0.3 is 5.91 Å². The van der Waals surface area contributed by atoms with Gasteiger partial charge in [-0.15, -0.1) is 0 Å². The van der Waals surface area contributed by atoms with Crippen LogP contribution in [-0.2, 0) is 4.74 Å². The lowest BCUT2D eigenvalue weighted by Crippen LogP contribution is -2.37. The quantitative estimate of drug-likeness (QED) is 0.587. The maximum atomic E-state index is 12.6. The molecule has 3 heterocycles. The van der Waals surface area contributed by atoms with Crippen LogP contribution in [0.4, 0.5) is 5.69 Å². The molecule has 144 valence electrons. The van der Waals surface area contributed by atoms with Gasteiger partial charge in [0.2, 0.25) is 24.3 Å². The van der Waals surface area contributed by atoms with E-state index in [1.54, 1.807) is 0 Å². The summed E-state index contributed by atoms with van der Waals surface area (Å²) in [7, 11) is 1.38. The van der Waals surface area contributed by atoms with Crippen LogP contribution in [0, 0.1) is 10.4 Å². The minimum atomic E-state index is -0.785. The molecule has 1 atom stereocenters. The molecule has 1 unspecified atom stereocenters. The third-order valence-corrected chi connectivity index (χ3v) is 4.39. The number of nitrogens with zero attached hydrogens (tertiary/aromatic N) is 2. The van der Waals surface area contributed by atoms with E-state index in [2.05, 4.69) is 5.32 Å². The van der Waals surface area contributed by atoms with Crippen LogP contribution in [0.3, 0.4) is 0 Å². The average molecular weight is 416 g/mol.